The van der Waals surface area contributed by atoms with Gasteiger partial charge in [-0.3, -0.25) is 0 Å². The van der Waals surface area contributed by atoms with Crippen LogP contribution in [-0.2, 0) is 0 Å². The zero-order valence-corrected chi connectivity index (χ0v) is 9.97. The minimum Gasteiger partial charge on any atom is -0.437 e. The van der Waals surface area contributed by atoms with Crippen molar-refractivity contribution in [2.75, 3.05) is 5.73 Å². The van der Waals surface area contributed by atoms with Crippen molar-refractivity contribution in [2.24, 2.45) is 0 Å². The Labute approximate surface area is 107 Å². The lowest BCUT2D eigenvalue weighted by atomic mass is 10.3. The van der Waals surface area contributed by atoms with Gasteiger partial charge in [-0.2, -0.15) is 4.98 Å². The molecular weight excluding hydrogens is 266 g/mol. The average molecular weight is 273 g/mol. The zero-order chi connectivity index (χ0) is 12.4. The van der Waals surface area contributed by atoms with Gasteiger partial charge in [0, 0.05) is 6.07 Å². The van der Waals surface area contributed by atoms with Crippen LogP contribution in [0.5, 0.6) is 11.6 Å². The number of halogens is 3. The van der Waals surface area contributed by atoms with Crippen LogP contribution in [0.2, 0.25) is 10.2 Å². The molecule has 3 nitrogen and oxygen atoms in total. The highest BCUT2D eigenvalue weighted by atomic mass is 35.5. The summed E-state index contributed by atoms with van der Waals surface area (Å²) >= 11 is 11.3. The SMILES string of the molecule is Nc1ccc(Cl)nc1Oc1ccc(F)c(Cl)c1. The van der Waals surface area contributed by atoms with Crippen LogP contribution in [0.25, 0.3) is 0 Å². The van der Waals surface area contributed by atoms with Crippen molar-refractivity contribution >= 4 is 28.9 Å². The van der Waals surface area contributed by atoms with Crippen LogP contribution in [0, 0.1) is 5.82 Å². The first kappa shape index (κ1) is 12.0. The zero-order valence-electron chi connectivity index (χ0n) is 8.45. The normalized spacial score (nSPS) is 10.3. The highest BCUT2D eigenvalue weighted by molar-refractivity contribution is 6.30. The van der Waals surface area contributed by atoms with Crippen molar-refractivity contribution in [3.8, 4) is 11.6 Å². The Morgan fingerprint density at radius 1 is 1.18 bits per heavy atom. The summed E-state index contributed by atoms with van der Waals surface area (Å²) in [5.41, 5.74) is 5.98. The van der Waals surface area contributed by atoms with Crippen molar-refractivity contribution in [3.05, 3.63) is 46.3 Å². The molecule has 88 valence electrons. The molecular formula is C11H7Cl2FN2O. The van der Waals surface area contributed by atoms with Crippen molar-refractivity contribution in [1.29, 1.82) is 0 Å². The second kappa shape index (κ2) is 4.77. The molecule has 0 unspecified atom stereocenters. The van der Waals surface area contributed by atoms with Gasteiger partial charge in [0.2, 0.25) is 5.88 Å². The molecule has 1 heterocycles. The predicted octanol–water partition coefficient (Wildman–Crippen LogP) is 3.90. The molecule has 0 aliphatic heterocycles. The second-order valence-electron chi connectivity index (χ2n) is 3.21. The first-order valence-corrected chi connectivity index (χ1v) is 5.37. The van der Waals surface area contributed by atoms with Gasteiger partial charge in [0.15, 0.2) is 0 Å². The number of benzene rings is 1. The average Bonchev–Trinajstić information content (AvgIpc) is 2.29. The maximum absolute atomic E-state index is 12.9. The van der Waals surface area contributed by atoms with Gasteiger partial charge in [-0.25, -0.2) is 4.39 Å². The van der Waals surface area contributed by atoms with E-state index >= 15 is 0 Å². The van der Waals surface area contributed by atoms with E-state index in [0.29, 0.717) is 11.4 Å². The smallest absolute Gasteiger partial charge is 0.244 e. The first-order valence-electron chi connectivity index (χ1n) is 4.61. The number of aromatic nitrogens is 1. The summed E-state index contributed by atoms with van der Waals surface area (Å²) in [6.45, 7) is 0. The number of pyridine rings is 1. The minimum absolute atomic E-state index is 0.0388. The third-order valence-electron chi connectivity index (χ3n) is 1.96. The molecule has 0 aliphatic rings. The van der Waals surface area contributed by atoms with E-state index in [-0.39, 0.29) is 16.1 Å². The molecule has 2 N–H and O–H groups in total. The Bertz CT molecular complexity index is 563. The molecule has 0 fully saturated rings. The monoisotopic (exact) mass is 272 g/mol. The molecule has 2 aromatic rings. The van der Waals surface area contributed by atoms with Crippen LogP contribution in [0.3, 0.4) is 0 Å². The van der Waals surface area contributed by atoms with Gasteiger partial charge >= 0.3 is 0 Å². The molecule has 1 aromatic heterocycles. The van der Waals surface area contributed by atoms with Gasteiger partial charge in [0.05, 0.1) is 10.7 Å². The Morgan fingerprint density at radius 3 is 2.65 bits per heavy atom. The van der Waals surface area contributed by atoms with Crippen molar-refractivity contribution in [2.45, 2.75) is 0 Å². The van der Waals surface area contributed by atoms with Crippen LogP contribution in [0.15, 0.2) is 30.3 Å². The van der Waals surface area contributed by atoms with E-state index in [1.165, 1.54) is 18.2 Å². The summed E-state index contributed by atoms with van der Waals surface area (Å²) in [5, 5.41) is 0.213. The number of rotatable bonds is 2. The van der Waals surface area contributed by atoms with Gasteiger partial charge in [-0.1, -0.05) is 23.2 Å². The van der Waals surface area contributed by atoms with Crippen molar-refractivity contribution < 1.29 is 9.13 Å². The molecule has 0 atom stereocenters. The molecule has 0 spiro atoms. The van der Waals surface area contributed by atoms with Gasteiger partial charge in [-0.15, -0.1) is 0 Å². The summed E-state index contributed by atoms with van der Waals surface area (Å²) < 4.78 is 18.3. The summed E-state index contributed by atoms with van der Waals surface area (Å²) in [6, 6.07) is 7.05. The third kappa shape index (κ3) is 2.78. The topological polar surface area (TPSA) is 48.1 Å². The molecule has 0 aliphatic carbocycles. The van der Waals surface area contributed by atoms with E-state index in [1.807, 2.05) is 0 Å². The summed E-state index contributed by atoms with van der Waals surface area (Å²) in [7, 11) is 0. The lowest BCUT2D eigenvalue weighted by Gasteiger charge is -2.07. The highest BCUT2D eigenvalue weighted by Crippen LogP contribution is 2.29. The van der Waals surface area contributed by atoms with E-state index < -0.39 is 5.82 Å². The predicted molar refractivity (Wildman–Crippen MR) is 65.1 cm³/mol. The fourth-order valence-electron chi connectivity index (χ4n) is 1.16. The second-order valence-corrected chi connectivity index (χ2v) is 4.00. The Hall–Kier alpha value is -1.52. The van der Waals surface area contributed by atoms with Crippen LogP contribution in [-0.4, -0.2) is 4.98 Å². The molecule has 0 saturated heterocycles. The summed E-state index contributed by atoms with van der Waals surface area (Å²) in [5.74, 6) is -0.0379. The van der Waals surface area contributed by atoms with E-state index in [1.54, 1.807) is 12.1 Å². The molecule has 0 radical (unpaired) electrons. The van der Waals surface area contributed by atoms with Gasteiger partial charge in [0.1, 0.15) is 16.7 Å². The fourth-order valence-corrected chi connectivity index (χ4v) is 1.47. The Kier molecular flexibility index (Phi) is 3.36. The maximum atomic E-state index is 12.9. The van der Waals surface area contributed by atoms with Crippen molar-refractivity contribution in [1.82, 2.24) is 4.98 Å². The van der Waals surface area contributed by atoms with Gasteiger partial charge in [-0.05, 0) is 24.3 Å². The third-order valence-corrected chi connectivity index (χ3v) is 2.46. The number of hydrogen-bond donors (Lipinski definition) is 1. The molecule has 0 bridgehead atoms. The fraction of sp³-hybridized carbons (Fsp3) is 0. The number of nitrogen functional groups attached to an aromatic ring is 1. The molecule has 6 heteroatoms. The first-order chi connectivity index (χ1) is 8.06. The highest BCUT2D eigenvalue weighted by Gasteiger charge is 2.07. The maximum Gasteiger partial charge on any atom is 0.244 e. The van der Waals surface area contributed by atoms with Crippen molar-refractivity contribution in [3.63, 3.8) is 0 Å². The lowest BCUT2D eigenvalue weighted by molar-refractivity contribution is 0.464. The van der Waals surface area contributed by atoms with Crippen LogP contribution < -0.4 is 10.5 Å². The number of ether oxygens (including phenoxy) is 1. The molecule has 0 saturated carbocycles. The number of hydrogen-bond acceptors (Lipinski definition) is 3. The quantitative estimate of drug-likeness (QED) is 0.844. The van der Waals surface area contributed by atoms with E-state index in [9.17, 15) is 4.39 Å². The van der Waals surface area contributed by atoms with Gasteiger partial charge < -0.3 is 10.5 Å². The van der Waals surface area contributed by atoms with Gasteiger partial charge in [0.25, 0.3) is 0 Å². The van der Waals surface area contributed by atoms with Crippen LogP contribution in [0.1, 0.15) is 0 Å². The number of nitrogens with zero attached hydrogens (tertiary/aromatic N) is 1. The van der Waals surface area contributed by atoms with E-state index in [0.717, 1.165) is 0 Å². The molecule has 2 rings (SSSR count). The van der Waals surface area contributed by atoms with Crippen LogP contribution >= 0.6 is 23.2 Å². The summed E-state index contributed by atoms with van der Waals surface area (Å²) in [4.78, 5) is 3.90. The molecule has 1 aromatic carbocycles. The minimum atomic E-state index is -0.522. The Balaban J connectivity index is 2.31. The van der Waals surface area contributed by atoms with Crippen LogP contribution in [0.4, 0.5) is 10.1 Å². The van der Waals surface area contributed by atoms with E-state index in [2.05, 4.69) is 4.98 Å². The largest absolute Gasteiger partial charge is 0.437 e. The molecule has 17 heavy (non-hydrogen) atoms. The lowest BCUT2D eigenvalue weighted by Crippen LogP contribution is -1.95. The number of anilines is 1. The van der Waals surface area contributed by atoms with E-state index in [4.69, 9.17) is 33.7 Å². The molecule has 0 amide bonds. The Morgan fingerprint density at radius 2 is 1.94 bits per heavy atom. The standard InChI is InChI=1S/C11H7Cl2FN2O/c12-7-5-6(1-2-8(7)14)17-11-9(15)3-4-10(13)16-11/h1-5H,15H2. The number of nitrogens with two attached hydrogens (primary N) is 1. The summed E-state index contributed by atoms with van der Waals surface area (Å²) in [6.07, 6.45) is 0.